The summed E-state index contributed by atoms with van der Waals surface area (Å²) in [6.45, 7) is 0.416. The highest BCUT2D eigenvalue weighted by Gasteiger charge is 2.05. The van der Waals surface area contributed by atoms with Gasteiger partial charge in [0.15, 0.2) is 0 Å². The van der Waals surface area contributed by atoms with Crippen LogP contribution in [-0.4, -0.2) is 4.92 Å². The van der Waals surface area contributed by atoms with Crippen LogP contribution in [0.15, 0.2) is 53.0 Å². The number of rotatable bonds is 4. The molecule has 0 aliphatic carbocycles. The number of non-ortho nitro benzene ring substituents is 1. The van der Waals surface area contributed by atoms with Gasteiger partial charge in [-0.25, -0.2) is 0 Å². The molecule has 0 fully saturated rings. The summed E-state index contributed by atoms with van der Waals surface area (Å²) >= 11 is 3.43. The molecule has 0 saturated heterocycles. The van der Waals surface area contributed by atoms with Crippen LogP contribution in [0.5, 0.6) is 5.75 Å². The van der Waals surface area contributed by atoms with Crippen molar-refractivity contribution in [3.05, 3.63) is 68.7 Å². The first-order valence-electron chi connectivity index (χ1n) is 5.27. The Morgan fingerprint density at radius 3 is 2.39 bits per heavy atom. The molecule has 0 aliphatic rings. The molecule has 0 aliphatic heterocycles. The summed E-state index contributed by atoms with van der Waals surface area (Å²) in [6, 6.07) is 13.8. The number of benzene rings is 2. The minimum Gasteiger partial charge on any atom is -0.489 e. The summed E-state index contributed by atoms with van der Waals surface area (Å²) in [5, 5.41) is 10.5. The van der Waals surface area contributed by atoms with Crippen molar-refractivity contribution in [2.45, 2.75) is 6.61 Å². The zero-order valence-electron chi connectivity index (χ0n) is 9.38. The highest BCUT2D eigenvalue weighted by atomic mass is 79.9. The molecular weight excluding hydrogens is 298 g/mol. The van der Waals surface area contributed by atoms with E-state index in [-0.39, 0.29) is 5.69 Å². The first kappa shape index (κ1) is 12.6. The lowest BCUT2D eigenvalue weighted by Crippen LogP contribution is -1.96. The number of nitro benzene ring substituents is 1. The number of hydrogen-bond donors (Lipinski definition) is 0. The van der Waals surface area contributed by atoms with E-state index in [2.05, 4.69) is 15.9 Å². The van der Waals surface area contributed by atoms with Crippen LogP contribution >= 0.6 is 15.9 Å². The lowest BCUT2D eigenvalue weighted by Gasteiger charge is -2.07. The summed E-state index contributed by atoms with van der Waals surface area (Å²) in [5.74, 6) is 0.608. The summed E-state index contributed by atoms with van der Waals surface area (Å²) < 4.78 is 6.53. The predicted octanol–water partition coefficient (Wildman–Crippen LogP) is 3.94. The van der Waals surface area contributed by atoms with E-state index in [0.29, 0.717) is 12.4 Å². The van der Waals surface area contributed by atoms with Gasteiger partial charge in [0.1, 0.15) is 12.4 Å². The highest BCUT2D eigenvalue weighted by molar-refractivity contribution is 9.10. The van der Waals surface area contributed by atoms with Crippen LogP contribution in [0.1, 0.15) is 5.56 Å². The monoisotopic (exact) mass is 307 g/mol. The van der Waals surface area contributed by atoms with E-state index in [9.17, 15) is 10.1 Å². The SMILES string of the molecule is O=[N+]([O-])c1ccc(OCc2ccccc2Br)cc1. The third kappa shape index (κ3) is 3.07. The van der Waals surface area contributed by atoms with Crippen LogP contribution < -0.4 is 4.74 Å². The van der Waals surface area contributed by atoms with Crippen LogP contribution in [0.2, 0.25) is 0 Å². The van der Waals surface area contributed by atoms with E-state index >= 15 is 0 Å². The number of halogens is 1. The van der Waals surface area contributed by atoms with Crippen LogP contribution in [0.25, 0.3) is 0 Å². The highest BCUT2D eigenvalue weighted by Crippen LogP contribution is 2.21. The first-order chi connectivity index (χ1) is 8.66. The minimum absolute atomic E-state index is 0.0586. The van der Waals surface area contributed by atoms with Crippen LogP contribution in [-0.2, 0) is 6.61 Å². The average Bonchev–Trinajstić information content (AvgIpc) is 2.38. The van der Waals surface area contributed by atoms with Gasteiger partial charge in [-0.2, -0.15) is 0 Å². The third-order valence-electron chi connectivity index (χ3n) is 2.40. The third-order valence-corrected chi connectivity index (χ3v) is 3.17. The van der Waals surface area contributed by atoms with Gasteiger partial charge in [0, 0.05) is 22.2 Å². The molecule has 2 aromatic carbocycles. The quantitative estimate of drug-likeness (QED) is 0.635. The molecule has 0 N–H and O–H groups in total. The first-order valence-corrected chi connectivity index (χ1v) is 6.07. The van der Waals surface area contributed by atoms with Gasteiger partial charge in [0.2, 0.25) is 0 Å². The van der Waals surface area contributed by atoms with Gasteiger partial charge >= 0.3 is 0 Å². The number of hydrogen-bond acceptors (Lipinski definition) is 3. The normalized spacial score (nSPS) is 10.1. The van der Waals surface area contributed by atoms with Crippen molar-refractivity contribution in [3.8, 4) is 5.75 Å². The van der Waals surface area contributed by atoms with Gasteiger partial charge in [0.25, 0.3) is 5.69 Å². The molecule has 0 unspecified atom stereocenters. The van der Waals surface area contributed by atoms with Crippen LogP contribution in [0.4, 0.5) is 5.69 Å². The lowest BCUT2D eigenvalue weighted by atomic mass is 10.2. The van der Waals surface area contributed by atoms with Crippen molar-refractivity contribution in [1.29, 1.82) is 0 Å². The molecule has 0 amide bonds. The molecule has 5 heteroatoms. The fraction of sp³-hybridized carbons (Fsp3) is 0.0769. The molecule has 0 radical (unpaired) electrons. The van der Waals surface area contributed by atoms with E-state index in [0.717, 1.165) is 10.0 Å². The maximum atomic E-state index is 10.5. The molecule has 92 valence electrons. The molecular formula is C13H10BrNO3. The zero-order chi connectivity index (χ0) is 13.0. The maximum Gasteiger partial charge on any atom is 0.269 e. The van der Waals surface area contributed by atoms with E-state index in [1.165, 1.54) is 12.1 Å². The molecule has 0 heterocycles. The summed E-state index contributed by atoms with van der Waals surface area (Å²) in [6.07, 6.45) is 0. The summed E-state index contributed by atoms with van der Waals surface area (Å²) in [5.41, 5.74) is 1.08. The number of nitro groups is 1. The molecule has 0 spiro atoms. The second-order valence-corrected chi connectivity index (χ2v) is 4.49. The molecule has 18 heavy (non-hydrogen) atoms. The Bertz CT molecular complexity index is 554. The topological polar surface area (TPSA) is 52.4 Å². The molecule has 0 aromatic heterocycles. The number of nitrogens with zero attached hydrogens (tertiary/aromatic N) is 1. The van der Waals surface area contributed by atoms with Crippen molar-refractivity contribution in [2.75, 3.05) is 0 Å². The average molecular weight is 308 g/mol. The van der Waals surface area contributed by atoms with Gasteiger partial charge in [0.05, 0.1) is 4.92 Å². The van der Waals surface area contributed by atoms with E-state index in [4.69, 9.17) is 4.74 Å². The Labute approximate surface area is 112 Å². The molecule has 4 nitrogen and oxygen atoms in total. The fourth-order valence-electron chi connectivity index (χ4n) is 1.44. The fourth-order valence-corrected chi connectivity index (χ4v) is 1.84. The zero-order valence-corrected chi connectivity index (χ0v) is 11.0. The van der Waals surface area contributed by atoms with Gasteiger partial charge in [-0.1, -0.05) is 34.1 Å². The standard InChI is InChI=1S/C13H10BrNO3/c14-13-4-2-1-3-10(13)9-18-12-7-5-11(6-8-12)15(16)17/h1-8H,9H2. The van der Waals surface area contributed by atoms with Gasteiger partial charge in [-0.05, 0) is 18.2 Å². The molecule has 0 atom stereocenters. The van der Waals surface area contributed by atoms with E-state index < -0.39 is 4.92 Å². The maximum absolute atomic E-state index is 10.5. The van der Waals surface area contributed by atoms with Gasteiger partial charge in [-0.3, -0.25) is 10.1 Å². The van der Waals surface area contributed by atoms with E-state index in [1.54, 1.807) is 12.1 Å². The number of ether oxygens (including phenoxy) is 1. The van der Waals surface area contributed by atoms with Crippen molar-refractivity contribution >= 4 is 21.6 Å². The van der Waals surface area contributed by atoms with Crippen LogP contribution in [0.3, 0.4) is 0 Å². The molecule has 0 bridgehead atoms. The van der Waals surface area contributed by atoms with E-state index in [1.807, 2.05) is 24.3 Å². The molecule has 0 saturated carbocycles. The van der Waals surface area contributed by atoms with Crippen molar-refractivity contribution in [1.82, 2.24) is 0 Å². The summed E-state index contributed by atoms with van der Waals surface area (Å²) in [7, 11) is 0. The Balaban J connectivity index is 2.02. The van der Waals surface area contributed by atoms with Crippen LogP contribution in [0, 0.1) is 10.1 Å². The Hall–Kier alpha value is -1.88. The Kier molecular flexibility index (Phi) is 3.94. The largest absolute Gasteiger partial charge is 0.489 e. The second-order valence-electron chi connectivity index (χ2n) is 3.63. The molecule has 2 rings (SSSR count). The second kappa shape index (κ2) is 5.64. The smallest absolute Gasteiger partial charge is 0.269 e. The Morgan fingerprint density at radius 2 is 1.78 bits per heavy atom. The van der Waals surface area contributed by atoms with Crippen molar-refractivity contribution in [3.63, 3.8) is 0 Å². The lowest BCUT2D eigenvalue weighted by molar-refractivity contribution is -0.384. The van der Waals surface area contributed by atoms with Gasteiger partial charge < -0.3 is 4.74 Å². The Morgan fingerprint density at radius 1 is 1.11 bits per heavy atom. The van der Waals surface area contributed by atoms with Crippen molar-refractivity contribution in [2.24, 2.45) is 0 Å². The summed E-state index contributed by atoms with van der Waals surface area (Å²) in [4.78, 5) is 10.1. The van der Waals surface area contributed by atoms with Gasteiger partial charge in [-0.15, -0.1) is 0 Å². The van der Waals surface area contributed by atoms with Crippen molar-refractivity contribution < 1.29 is 9.66 Å². The minimum atomic E-state index is -0.433. The predicted molar refractivity (Wildman–Crippen MR) is 71.6 cm³/mol. The molecule has 2 aromatic rings.